The maximum absolute atomic E-state index is 12.4. The topological polar surface area (TPSA) is 59.2 Å². The van der Waals surface area contributed by atoms with E-state index in [1.165, 1.54) is 17.7 Å². The molecule has 0 aliphatic carbocycles. The van der Waals surface area contributed by atoms with Gasteiger partial charge in [0.15, 0.2) is 0 Å². The van der Waals surface area contributed by atoms with Crippen molar-refractivity contribution in [2.24, 2.45) is 0 Å². The number of nitrogens with zero attached hydrogens (tertiary/aromatic N) is 2. The summed E-state index contributed by atoms with van der Waals surface area (Å²) in [4.78, 5) is 17.8. The van der Waals surface area contributed by atoms with Gasteiger partial charge in [0, 0.05) is 18.3 Å². The lowest BCUT2D eigenvalue weighted by atomic mass is 10.1. The van der Waals surface area contributed by atoms with E-state index in [1.54, 1.807) is 11.9 Å². The van der Waals surface area contributed by atoms with Crippen LogP contribution in [0.3, 0.4) is 0 Å². The third-order valence-electron chi connectivity index (χ3n) is 3.10. The summed E-state index contributed by atoms with van der Waals surface area (Å²) in [6, 6.07) is 10.9. The van der Waals surface area contributed by atoms with Gasteiger partial charge >= 0.3 is 0 Å². The van der Waals surface area contributed by atoms with Gasteiger partial charge in [-0.05, 0) is 36.2 Å². The molecule has 1 aromatic heterocycles. The lowest BCUT2D eigenvalue weighted by Crippen LogP contribution is -2.26. The number of pyridine rings is 1. The lowest BCUT2D eigenvalue weighted by Gasteiger charge is -2.18. The molecular formula is C15H16ClN3O. The Hall–Kier alpha value is -2.07. The molecule has 0 saturated carbocycles. The zero-order valence-electron chi connectivity index (χ0n) is 11.4. The van der Waals surface area contributed by atoms with Gasteiger partial charge in [-0.1, -0.05) is 30.7 Å². The molecule has 0 aliphatic heterocycles. The molecule has 0 bridgehead atoms. The van der Waals surface area contributed by atoms with Gasteiger partial charge in [-0.25, -0.2) is 4.98 Å². The van der Waals surface area contributed by atoms with Gasteiger partial charge in [0.25, 0.3) is 5.91 Å². The first-order valence-electron chi connectivity index (χ1n) is 6.31. The van der Waals surface area contributed by atoms with Gasteiger partial charge in [-0.3, -0.25) is 4.79 Å². The fourth-order valence-corrected chi connectivity index (χ4v) is 2.12. The van der Waals surface area contributed by atoms with Gasteiger partial charge in [-0.15, -0.1) is 0 Å². The highest BCUT2D eigenvalue weighted by Crippen LogP contribution is 2.19. The van der Waals surface area contributed by atoms with Crippen molar-refractivity contribution in [3.63, 3.8) is 0 Å². The summed E-state index contributed by atoms with van der Waals surface area (Å²) in [5, 5.41) is 0.211. The van der Waals surface area contributed by atoms with Crippen molar-refractivity contribution in [2.75, 3.05) is 17.7 Å². The van der Waals surface area contributed by atoms with E-state index >= 15 is 0 Å². The van der Waals surface area contributed by atoms with Gasteiger partial charge in [0.2, 0.25) is 0 Å². The number of nitrogens with two attached hydrogens (primary N) is 1. The van der Waals surface area contributed by atoms with Crippen LogP contribution >= 0.6 is 11.6 Å². The van der Waals surface area contributed by atoms with Crippen LogP contribution in [-0.2, 0) is 6.42 Å². The molecule has 2 aromatic rings. The number of hydrogen-bond acceptors (Lipinski definition) is 3. The number of carbonyl (C=O) groups excluding carboxylic acids is 1. The van der Waals surface area contributed by atoms with Crippen molar-refractivity contribution in [3.05, 3.63) is 52.7 Å². The van der Waals surface area contributed by atoms with E-state index in [-0.39, 0.29) is 16.9 Å². The third-order valence-corrected chi connectivity index (χ3v) is 3.29. The summed E-state index contributed by atoms with van der Waals surface area (Å²) in [5.74, 6) is 0.0563. The molecule has 0 aliphatic rings. The Labute approximate surface area is 123 Å². The first-order chi connectivity index (χ1) is 9.51. The molecule has 0 spiro atoms. The maximum atomic E-state index is 12.4. The number of rotatable bonds is 3. The van der Waals surface area contributed by atoms with E-state index < -0.39 is 0 Å². The maximum Gasteiger partial charge on any atom is 0.258 e. The Bertz CT molecular complexity index is 605. The Balaban J connectivity index is 2.27. The van der Waals surface area contributed by atoms with Crippen LogP contribution < -0.4 is 10.6 Å². The Morgan fingerprint density at radius 1 is 1.30 bits per heavy atom. The molecule has 1 aromatic carbocycles. The quantitative estimate of drug-likeness (QED) is 0.883. The van der Waals surface area contributed by atoms with Crippen LogP contribution in [0.25, 0.3) is 0 Å². The highest BCUT2D eigenvalue weighted by molar-refractivity contribution is 6.30. The van der Waals surface area contributed by atoms with Crippen LogP contribution in [0, 0.1) is 0 Å². The molecule has 0 saturated heterocycles. The number of anilines is 2. The Morgan fingerprint density at radius 3 is 2.50 bits per heavy atom. The van der Waals surface area contributed by atoms with Crippen LogP contribution in [0.2, 0.25) is 5.15 Å². The molecular weight excluding hydrogens is 274 g/mol. The molecule has 1 amide bonds. The molecule has 5 heteroatoms. The van der Waals surface area contributed by atoms with Gasteiger partial charge < -0.3 is 10.6 Å². The minimum absolute atomic E-state index is 0.176. The molecule has 2 rings (SSSR count). The smallest absolute Gasteiger partial charge is 0.258 e. The number of benzene rings is 1. The lowest BCUT2D eigenvalue weighted by molar-refractivity contribution is 0.0993. The second-order valence-corrected chi connectivity index (χ2v) is 4.87. The second-order valence-electron chi connectivity index (χ2n) is 4.49. The van der Waals surface area contributed by atoms with Crippen molar-refractivity contribution in [1.29, 1.82) is 0 Å². The second kappa shape index (κ2) is 5.92. The summed E-state index contributed by atoms with van der Waals surface area (Å²) in [6.07, 6.45) is 0.967. The summed E-state index contributed by atoms with van der Waals surface area (Å²) in [5.41, 5.74) is 8.07. The van der Waals surface area contributed by atoms with E-state index in [9.17, 15) is 4.79 Å². The summed E-state index contributed by atoms with van der Waals surface area (Å²) in [7, 11) is 1.72. The Kier molecular flexibility index (Phi) is 4.25. The van der Waals surface area contributed by atoms with Crippen LogP contribution in [0.15, 0.2) is 36.4 Å². The molecule has 4 nitrogen and oxygen atoms in total. The number of carbonyl (C=O) groups is 1. The third kappa shape index (κ3) is 3.08. The number of nitrogen functional groups attached to an aromatic ring is 1. The minimum Gasteiger partial charge on any atom is -0.384 e. The van der Waals surface area contributed by atoms with Gasteiger partial charge in [-0.2, -0.15) is 0 Å². The van der Waals surface area contributed by atoms with Crippen LogP contribution in [0.1, 0.15) is 22.8 Å². The summed E-state index contributed by atoms with van der Waals surface area (Å²) < 4.78 is 0. The molecule has 0 fully saturated rings. The fourth-order valence-electron chi connectivity index (χ4n) is 1.91. The summed E-state index contributed by atoms with van der Waals surface area (Å²) in [6.45, 7) is 2.09. The molecule has 0 radical (unpaired) electrons. The van der Waals surface area contributed by atoms with Crippen LogP contribution in [-0.4, -0.2) is 17.9 Å². The molecule has 0 unspecified atom stereocenters. The van der Waals surface area contributed by atoms with E-state index in [2.05, 4.69) is 11.9 Å². The first-order valence-corrected chi connectivity index (χ1v) is 6.69. The molecule has 1 heterocycles. The summed E-state index contributed by atoms with van der Waals surface area (Å²) >= 11 is 5.82. The number of amides is 1. The van der Waals surface area contributed by atoms with Crippen molar-refractivity contribution in [1.82, 2.24) is 4.98 Å². The van der Waals surface area contributed by atoms with Crippen LogP contribution in [0.4, 0.5) is 11.5 Å². The minimum atomic E-state index is -0.176. The molecule has 104 valence electrons. The number of hydrogen-bond donors (Lipinski definition) is 1. The largest absolute Gasteiger partial charge is 0.384 e. The highest BCUT2D eigenvalue weighted by Gasteiger charge is 2.15. The average Bonchev–Trinajstić information content (AvgIpc) is 2.45. The van der Waals surface area contributed by atoms with Crippen molar-refractivity contribution >= 4 is 29.0 Å². The fraction of sp³-hybridized carbons (Fsp3) is 0.200. The van der Waals surface area contributed by atoms with Crippen LogP contribution in [0.5, 0.6) is 0 Å². The molecule has 2 N–H and O–H groups in total. The predicted molar refractivity (Wildman–Crippen MR) is 82.2 cm³/mol. The van der Waals surface area contributed by atoms with Crippen molar-refractivity contribution in [2.45, 2.75) is 13.3 Å². The number of aryl methyl sites for hydroxylation is 1. The first kappa shape index (κ1) is 14.3. The van der Waals surface area contributed by atoms with Gasteiger partial charge in [0.1, 0.15) is 11.0 Å². The monoisotopic (exact) mass is 289 g/mol. The van der Waals surface area contributed by atoms with Crippen molar-refractivity contribution < 1.29 is 4.79 Å². The molecule has 0 atom stereocenters. The van der Waals surface area contributed by atoms with E-state index in [0.717, 1.165) is 12.1 Å². The van der Waals surface area contributed by atoms with E-state index in [1.807, 2.05) is 24.3 Å². The highest BCUT2D eigenvalue weighted by atomic mass is 35.5. The Morgan fingerprint density at radius 2 is 1.95 bits per heavy atom. The standard InChI is InChI=1S/C15H16ClN3O/c1-3-10-4-6-12(7-5-10)19(2)15(20)11-8-13(16)18-14(17)9-11/h4-9H,3H2,1-2H3,(H2,17,18). The van der Waals surface area contributed by atoms with Gasteiger partial charge in [0.05, 0.1) is 0 Å². The van der Waals surface area contributed by atoms with E-state index in [4.69, 9.17) is 17.3 Å². The van der Waals surface area contributed by atoms with Crippen molar-refractivity contribution in [3.8, 4) is 0 Å². The SMILES string of the molecule is CCc1ccc(N(C)C(=O)c2cc(N)nc(Cl)c2)cc1. The predicted octanol–water partition coefficient (Wildman–Crippen LogP) is 3.16. The number of halogens is 1. The number of aromatic nitrogens is 1. The average molecular weight is 290 g/mol. The normalized spacial score (nSPS) is 10.3. The van der Waals surface area contributed by atoms with E-state index in [0.29, 0.717) is 5.56 Å². The zero-order chi connectivity index (χ0) is 14.7. The zero-order valence-corrected chi connectivity index (χ0v) is 12.2. The molecule has 20 heavy (non-hydrogen) atoms.